The molecule has 3 aromatic rings. The molecule has 0 radical (unpaired) electrons. The van der Waals surface area contributed by atoms with E-state index in [4.69, 9.17) is 11.6 Å². The van der Waals surface area contributed by atoms with Crippen LogP contribution in [0.25, 0.3) is 10.9 Å². The van der Waals surface area contributed by atoms with Crippen molar-refractivity contribution in [3.8, 4) is 0 Å². The molecule has 0 aliphatic carbocycles. The van der Waals surface area contributed by atoms with Gasteiger partial charge in [0.2, 0.25) is 0 Å². The number of hydrogen-bond acceptors (Lipinski definition) is 3. The number of aromatic nitrogens is 1. The third kappa shape index (κ3) is 5.72. The molecule has 0 N–H and O–H groups in total. The molecule has 2 amide bonds. The molecule has 0 atom stereocenters. The van der Waals surface area contributed by atoms with Gasteiger partial charge >= 0.3 is 0 Å². The smallest absolute Gasteiger partial charge is 0.295 e. The van der Waals surface area contributed by atoms with Crippen molar-refractivity contribution in [2.45, 2.75) is 39.5 Å². The highest BCUT2D eigenvalue weighted by atomic mass is 35.5. The van der Waals surface area contributed by atoms with Gasteiger partial charge in [0.1, 0.15) is 5.82 Å². The molecule has 0 bridgehead atoms. The molecular weight excluding hydrogens is 493 g/mol. The third-order valence-corrected chi connectivity index (χ3v) is 7.56. The molecule has 8 heteroatoms. The van der Waals surface area contributed by atoms with Gasteiger partial charge in [-0.1, -0.05) is 30.7 Å². The van der Waals surface area contributed by atoms with Crippen molar-refractivity contribution in [1.29, 1.82) is 0 Å². The Bertz CT molecular complexity index is 1310. The Morgan fingerprint density at radius 1 is 1.05 bits per heavy atom. The first-order valence-electron chi connectivity index (χ1n) is 12.9. The number of halogens is 2. The van der Waals surface area contributed by atoms with Gasteiger partial charge in [0.15, 0.2) is 0 Å². The molecule has 37 heavy (non-hydrogen) atoms. The number of Topliss-reactive ketones (excluding diaryl/α,β-unsaturated/α-hetero) is 1. The molecule has 1 aromatic heterocycles. The zero-order valence-corrected chi connectivity index (χ0v) is 22.4. The minimum Gasteiger partial charge on any atom is -0.350 e. The Morgan fingerprint density at radius 2 is 1.73 bits per heavy atom. The van der Waals surface area contributed by atoms with Crippen LogP contribution in [0.5, 0.6) is 0 Å². The van der Waals surface area contributed by atoms with E-state index >= 15 is 0 Å². The van der Waals surface area contributed by atoms with Crippen molar-refractivity contribution in [1.82, 2.24) is 14.4 Å². The number of benzene rings is 2. The predicted molar refractivity (Wildman–Crippen MR) is 144 cm³/mol. The van der Waals surface area contributed by atoms with Crippen LogP contribution in [0.1, 0.15) is 59.4 Å². The Hall–Kier alpha value is -3.19. The van der Waals surface area contributed by atoms with Crippen molar-refractivity contribution in [2.75, 3.05) is 26.2 Å². The van der Waals surface area contributed by atoms with Crippen molar-refractivity contribution < 1.29 is 18.8 Å². The van der Waals surface area contributed by atoms with Crippen molar-refractivity contribution in [3.63, 3.8) is 0 Å². The van der Waals surface area contributed by atoms with Crippen LogP contribution in [0.15, 0.2) is 42.6 Å². The molecule has 0 spiro atoms. The second-order valence-corrected chi connectivity index (χ2v) is 10.2. The SMILES string of the molecule is CCCN(CC)C(=O)C(=O)c1cn(C)c2cc(Cl)c(C(=O)N3CCC(Cc4ccc(F)cc4)CC3)cc12. The number of hydrogen-bond donors (Lipinski definition) is 0. The standard InChI is InChI=1S/C29H33ClFN3O3/c1-4-12-33(5-2)29(37)27(35)24-18-32(3)26-17-25(30)23(16-22(24)26)28(36)34-13-10-20(11-14-34)15-19-6-8-21(31)9-7-19/h6-9,16-18,20H,4-5,10-15H2,1-3H3. The van der Waals surface area contributed by atoms with Gasteiger partial charge in [-0.25, -0.2) is 4.39 Å². The number of piperidine rings is 1. The lowest BCUT2D eigenvalue weighted by Crippen LogP contribution is -2.39. The van der Waals surface area contributed by atoms with Gasteiger partial charge in [-0.15, -0.1) is 0 Å². The second kappa shape index (κ2) is 11.5. The average Bonchev–Trinajstić information content (AvgIpc) is 3.22. The quantitative estimate of drug-likeness (QED) is 0.288. The first-order chi connectivity index (χ1) is 17.7. The monoisotopic (exact) mass is 525 g/mol. The highest BCUT2D eigenvalue weighted by Crippen LogP contribution is 2.31. The number of aryl methyl sites for hydroxylation is 1. The number of amides is 2. The van der Waals surface area contributed by atoms with Crippen molar-refractivity contribution >= 4 is 40.1 Å². The average molecular weight is 526 g/mol. The van der Waals surface area contributed by atoms with Crippen LogP contribution in [-0.2, 0) is 18.3 Å². The number of likely N-dealkylation sites (N-methyl/N-ethyl adjacent to an activating group) is 1. The highest BCUT2D eigenvalue weighted by molar-refractivity contribution is 6.45. The summed E-state index contributed by atoms with van der Waals surface area (Å²) in [5.41, 5.74) is 2.39. The summed E-state index contributed by atoms with van der Waals surface area (Å²) < 4.78 is 15.0. The topological polar surface area (TPSA) is 62.6 Å². The van der Waals surface area contributed by atoms with Crippen LogP contribution in [0.3, 0.4) is 0 Å². The van der Waals surface area contributed by atoms with Gasteiger partial charge in [-0.05, 0) is 68.4 Å². The molecule has 1 aliphatic heterocycles. The fourth-order valence-corrected chi connectivity index (χ4v) is 5.38. The summed E-state index contributed by atoms with van der Waals surface area (Å²) in [6, 6.07) is 9.93. The summed E-state index contributed by atoms with van der Waals surface area (Å²) >= 11 is 6.55. The highest BCUT2D eigenvalue weighted by Gasteiger charge is 2.29. The van der Waals surface area contributed by atoms with Gasteiger partial charge < -0.3 is 14.4 Å². The van der Waals surface area contributed by atoms with Crippen LogP contribution in [-0.4, -0.2) is 58.1 Å². The van der Waals surface area contributed by atoms with Crippen molar-refractivity contribution in [2.24, 2.45) is 13.0 Å². The van der Waals surface area contributed by atoms with Crippen LogP contribution >= 0.6 is 11.6 Å². The number of carbonyl (C=O) groups excluding carboxylic acids is 3. The normalized spacial score (nSPS) is 14.2. The van der Waals surface area contributed by atoms with Gasteiger partial charge in [0.25, 0.3) is 17.6 Å². The largest absolute Gasteiger partial charge is 0.350 e. The molecule has 1 saturated heterocycles. The molecule has 1 aliphatic rings. The minimum atomic E-state index is -0.580. The van der Waals surface area contributed by atoms with E-state index in [0.29, 0.717) is 53.6 Å². The minimum absolute atomic E-state index is 0.179. The van der Waals surface area contributed by atoms with E-state index in [1.54, 1.807) is 39.7 Å². The fourth-order valence-electron chi connectivity index (χ4n) is 5.14. The third-order valence-electron chi connectivity index (χ3n) is 7.25. The van der Waals surface area contributed by atoms with E-state index in [9.17, 15) is 18.8 Å². The summed E-state index contributed by atoms with van der Waals surface area (Å²) in [7, 11) is 1.79. The van der Waals surface area contributed by atoms with E-state index in [2.05, 4.69) is 0 Å². The van der Waals surface area contributed by atoms with Gasteiger partial charge in [-0.2, -0.15) is 0 Å². The summed E-state index contributed by atoms with van der Waals surface area (Å²) in [5.74, 6) is -1.12. The van der Waals surface area contributed by atoms with E-state index in [1.807, 2.05) is 26.0 Å². The molecule has 2 heterocycles. The first-order valence-corrected chi connectivity index (χ1v) is 13.3. The van der Waals surface area contributed by atoms with Gasteiger partial charge in [-0.3, -0.25) is 14.4 Å². The fraction of sp³-hybridized carbons (Fsp3) is 0.414. The zero-order valence-electron chi connectivity index (χ0n) is 21.6. The first kappa shape index (κ1) is 26.9. The lowest BCUT2D eigenvalue weighted by molar-refractivity contribution is -0.126. The Morgan fingerprint density at radius 3 is 2.35 bits per heavy atom. The van der Waals surface area contributed by atoms with Crippen LogP contribution in [0.4, 0.5) is 4.39 Å². The maximum Gasteiger partial charge on any atom is 0.295 e. The molecule has 196 valence electrons. The Balaban J connectivity index is 1.53. The summed E-state index contributed by atoms with van der Waals surface area (Å²) in [4.78, 5) is 42.8. The molecule has 4 rings (SSSR count). The maximum atomic E-state index is 13.5. The number of nitrogens with zero attached hydrogens (tertiary/aromatic N) is 3. The molecule has 1 fully saturated rings. The maximum absolute atomic E-state index is 13.5. The summed E-state index contributed by atoms with van der Waals surface area (Å²) in [6.45, 7) is 5.97. The van der Waals surface area contributed by atoms with Crippen LogP contribution < -0.4 is 0 Å². The molecule has 2 aromatic carbocycles. The van der Waals surface area contributed by atoms with E-state index in [0.717, 1.165) is 31.2 Å². The Labute approximate surface area is 222 Å². The summed E-state index contributed by atoms with van der Waals surface area (Å²) in [6.07, 6.45) is 4.94. The number of carbonyl (C=O) groups is 3. The number of rotatable bonds is 8. The molecule has 6 nitrogen and oxygen atoms in total. The lowest BCUT2D eigenvalue weighted by Gasteiger charge is -2.32. The number of fused-ring (bicyclic) bond motifs is 1. The van der Waals surface area contributed by atoms with Crippen molar-refractivity contribution in [3.05, 3.63) is 70.1 Å². The van der Waals surface area contributed by atoms with Gasteiger partial charge in [0, 0.05) is 44.8 Å². The second-order valence-electron chi connectivity index (χ2n) is 9.78. The van der Waals surface area contributed by atoms with Gasteiger partial charge in [0.05, 0.1) is 21.7 Å². The van der Waals surface area contributed by atoms with Crippen LogP contribution in [0, 0.1) is 11.7 Å². The van der Waals surface area contributed by atoms with E-state index in [-0.39, 0.29) is 17.3 Å². The predicted octanol–water partition coefficient (Wildman–Crippen LogP) is 5.51. The number of likely N-dealkylation sites (tertiary alicyclic amines) is 1. The number of ketones is 1. The molecule has 0 unspecified atom stereocenters. The Kier molecular flexibility index (Phi) is 8.32. The molecular formula is C29H33ClFN3O3. The van der Waals surface area contributed by atoms with E-state index < -0.39 is 11.7 Å². The zero-order chi connectivity index (χ0) is 26.7. The lowest BCUT2D eigenvalue weighted by atomic mass is 9.90. The molecule has 0 saturated carbocycles. The van der Waals surface area contributed by atoms with E-state index in [1.165, 1.54) is 12.1 Å². The summed E-state index contributed by atoms with van der Waals surface area (Å²) in [5, 5.41) is 0.867. The van der Waals surface area contributed by atoms with Crippen LogP contribution in [0.2, 0.25) is 5.02 Å².